The van der Waals surface area contributed by atoms with Crippen molar-refractivity contribution in [3.63, 3.8) is 0 Å². The van der Waals surface area contributed by atoms with E-state index in [1.807, 2.05) is 6.07 Å². The summed E-state index contributed by atoms with van der Waals surface area (Å²) in [6, 6.07) is 8.86. The van der Waals surface area contributed by atoms with Crippen LogP contribution in [0.25, 0.3) is 0 Å². The van der Waals surface area contributed by atoms with Crippen LogP contribution < -0.4 is 5.32 Å². The minimum atomic E-state index is 0.566. The molecule has 0 saturated carbocycles. The van der Waals surface area contributed by atoms with E-state index in [0.717, 1.165) is 23.2 Å². The molecular weight excluding hydrogens is 294 g/mol. The Morgan fingerprint density at radius 2 is 2.32 bits per heavy atom. The van der Waals surface area contributed by atoms with Crippen molar-refractivity contribution in [1.29, 1.82) is 0 Å². The van der Waals surface area contributed by atoms with Crippen LogP contribution in [0.15, 0.2) is 24.3 Å². The third-order valence-electron chi connectivity index (χ3n) is 3.29. The lowest BCUT2D eigenvalue weighted by atomic mass is 10.0. The highest BCUT2D eigenvalue weighted by molar-refractivity contribution is 8.06. The number of rotatable bonds is 6. The number of nitrogens with one attached hydrogen (secondary N) is 1. The van der Waals surface area contributed by atoms with E-state index in [-0.39, 0.29) is 0 Å². The van der Waals surface area contributed by atoms with Gasteiger partial charge in [0.05, 0.1) is 0 Å². The van der Waals surface area contributed by atoms with Crippen LogP contribution in [0.4, 0.5) is 0 Å². The van der Waals surface area contributed by atoms with Gasteiger partial charge in [0.1, 0.15) is 0 Å². The standard InChI is InChI=1S/C15H22ClNS2/c1-2-6-17-14(15-11-18-7-8-19-15)10-12-4-3-5-13(16)9-12/h3-5,9,14-15,17H,2,6-8,10-11H2,1H3. The van der Waals surface area contributed by atoms with Gasteiger partial charge in [0, 0.05) is 33.6 Å². The van der Waals surface area contributed by atoms with Crippen molar-refractivity contribution in [3.8, 4) is 0 Å². The number of benzene rings is 1. The van der Waals surface area contributed by atoms with Gasteiger partial charge in [0.15, 0.2) is 0 Å². The van der Waals surface area contributed by atoms with Crippen molar-refractivity contribution >= 4 is 35.1 Å². The summed E-state index contributed by atoms with van der Waals surface area (Å²) in [6.45, 7) is 3.33. The molecule has 2 unspecified atom stereocenters. The van der Waals surface area contributed by atoms with E-state index in [0.29, 0.717) is 6.04 Å². The molecule has 0 aliphatic carbocycles. The molecule has 1 nitrogen and oxygen atoms in total. The van der Waals surface area contributed by atoms with Crippen LogP contribution in [-0.4, -0.2) is 35.1 Å². The summed E-state index contributed by atoms with van der Waals surface area (Å²) >= 11 is 10.3. The zero-order valence-corrected chi connectivity index (χ0v) is 13.8. The predicted molar refractivity (Wildman–Crippen MR) is 90.8 cm³/mol. The fraction of sp³-hybridized carbons (Fsp3) is 0.600. The largest absolute Gasteiger partial charge is 0.313 e. The van der Waals surface area contributed by atoms with Gasteiger partial charge in [-0.1, -0.05) is 30.7 Å². The first-order valence-corrected chi connectivity index (χ1v) is 9.55. The molecule has 0 bridgehead atoms. The number of halogens is 1. The second-order valence-corrected chi connectivity index (χ2v) is 7.81. The summed E-state index contributed by atoms with van der Waals surface area (Å²) < 4.78 is 0. The van der Waals surface area contributed by atoms with Gasteiger partial charge in [0.2, 0.25) is 0 Å². The van der Waals surface area contributed by atoms with Crippen LogP contribution in [0, 0.1) is 0 Å². The van der Waals surface area contributed by atoms with Crippen molar-refractivity contribution in [2.45, 2.75) is 31.1 Å². The third kappa shape index (κ3) is 5.22. The Hall–Kier alpha value is 0.170. The van der Waals surface area contributed by atoms with Gasteiger partial charge in [-0.05, 0) is 37.1 Å². The molecule has 1 N–H and O–H groups in total. The topological polar surface area (TPSA) is 12.0 Å². The van der Waals surface area contributed by atoms with Gasteiger partial charge < -0.3 is 5.32 Å². The lowest BCUT2D eigenvalue weighted by molar-refractivity contribution is 0.506. The zero-order chi connectivity index (χ0) is 13.5. The fourth-order valence-electron chi connectivity index (χ4n) is 2.32. The highest BCUT2D eigenvalue weighted by Gasteiger charge is 2.24. The monoisotopic (exact) mass is 315 g/mol. The predicted octanol–water partition coefficient (Wildman–Crippen LogP) is 4.10. The number of hydrogen-bond donors (Lipinski definition) is 1. The molecule has 1 aromatic rings. The highest BCUT2D eigenvalue weighted by Crippen LogP contribution is 2.28. The van der Waals surface area contributed by atoms with E-state index >= 15 is 0 Å². The average Bonchev–Trinajstić information content (AvgIpc) is 2.44. The maximum atomic E-state index is 6.09. The van der Waals surface area contributed by atoms with Crippen molar-refractivity contribution in [1.82, 2.24) is 5.32 Å². The van der Waals surface area contributed by atoms with Gasteiger partial charge >= 0.3 is 0 Å². The summed E-state index contributed by atoms with van der Waals surface area (Å²) in [5.41, 5.74) is 1.34. The number of thioether (sulfide) groups is 2. The summed E-state index contributed by atoms with van der Waals surface area (Å²) in [5, 5.41) is 5.30. The first-order valence-electron chi connectivity index (χ1n) is 6.96. The Labute approximate surface area is 130 Å². The van der Waals surface area contributed by atoms with Gasteiger partial charge in [-0.25, -0.2) is 0 Å². The molecule has 0 radical (unpaired) electrons. The molecule has 106 valence electrons. The molecule has 1 aliphatic heterocycles. The van der Waals surface area contributed by atoms with Crippen molar-refractivity contribution in [2.24, 2.45) is 0 Å². The van der Waals surface area contributed by atoms with Crippen molar-refractivity contribution < 1.29 is 0 Å². The van der Waals surface area contributed by atoms with E-state index in [1.165, 1.54) is 29.2 Å². The molecule has 2 atom stereocenters. The van der Waals surface area contributed by atoms with Gasteiger partial charge in [-0.15, -0.1) is 0 Å². The molecule has 2 rings (SSSR count). The lowest BCUT2D eigenvalue weighted by Gasteiger charge is -2.30. The Morgan fingerprint density at radius 3 is 3.00 bits per heavy atom. The molecule has 1 fully saturated rings. The summed E-state index contributed by atoms with van der Waals surface area (Å²) in [5.74, 6) is 3.86. The molecular formula is C15H22ClNS2. The SMILES string of the molecule is CCCNC(Cc1cccc(Cl)c1)C1CSCCS1. The minimum absolute atomic E-state index is 0.566. The maximum Gasteiger partial charge on any atom is 0.0408 e. The lowest BCUT2D eigenvalue weighted by Crippen LogP contribution is -2.43. The first-order chi connectivity index (χ1) is 9.29. The Balaban J connectivity index is 1.99. The van der Waals surface area contributed by atoms with E-state index in [1.54, 1.807) is 0 Å². The van der Waals surface area contributed by atoms with E-state index in [2.05, 4.69) is 54.0 Å². The molecule has 0 aromatic heterocycles. The molecule has 19 heavy (non-hydrogen) atoms. The molecule has 1 aliphatic rings. The smallest absolute Gasteiger partial charge is 0.0408 e. The van der Waals surface area contributed by atoms with Crippen LogP contribution in [0.5, 0.6) is 0 Å². The van der Waals surface area contributed by atoms with Crippen LogP contribution in [0.2, 0.25) is 5.02 Å². The van der Waals surface area contributed by atoms with E-state index in [4.69, 9.17) is 11.6 Å². The molecule has 4 heteroatoms. The second-order valence-electron chi connectivity index (χ2n) is 4.88. The van der Waals surface area contributed by atoms with Crippen molar-refractivity contribution in [2.75, 3.05) is 23.8 Å². The normalized spacial score (nSPS) is 21.3. The Kier molecular flexibility index (Phi) is 6.92. The van der Waals surface area contributed by atoms with E-state index in [9.17, 15) is 0 Å². The molecule has 0 amide bonds. The molecule has 1 aromatic carbocycles. The summed E-state index contributed by atoms with van der Waals surface area (Å²) in [6.07, 6.45) is 2.27. The third-order valence-corrected chi connectivity index (χ3v) is 6.45. The van der Waals surface area contributed by atoms with Crippen LogP contribution in [0.1, 0.15) is 18.9 Å². The highest BCUT2D eigenvalue weighted by atomic mass is 35.5. The second kappa shape index (κ2) is 8.46. The Morgan fingerprint density at radius 1 is 1.42 bits per heavy atom. The van der Waals surface area contributed by atoms with Gasteiger partial charge in [0.25, 0.3) is 0 Å². The van der Waals surface area contributed by atoms with Crippen LogP contribution >= 0.6 is 35.1 Å². The zero-order valence-electron chi connectivity index (χ0n) is 11.4. The Bertz CT molecular complexity index is 380. The van der Waals surface area contributed by atoms with Gasteiger partial charge in [-0.2, -0.15) is 23.5 Å². The first kappa shape index (κ1) is 15.6. The summed E-state index contributed by atoms with van der Waals surface area (Å²) in [7, 11) is 0. The average molecular weight is 316 g/mol. The quantitative estimate of drug-likeness (QED) is 0.849. The minimum Gasteiger partial charge on any atom is -0.313 e. The van der Waals surface area contributed by atoms with E-state index < -0.39 is 0 Å². The van der Waals surface area contributed by atoms with Gasteiger partial charge in [-0.3, -0.25) is 0 Å². The molecule has 1 heterocycles. The van der Waals surface area contributed by atoms with Crippen LogP contribution in [-0.2, 0) is 6.42 Å². The number of hydrogen-bond acceptors (Lipinski definition) is 3. The molecule has 1 saturated heterocycles. The molecule has 0 spiro atoms. The van der Waals surface area contributed by atoms with Crippen LogP contribution in [0.3, 0.4) is 0 Å². The summed E-state index contributed by atoms with van der Waals surface area (Å²) in [4.78, 5) is 0. The maximum absolute atomic E-state index is 6.09. The van der Waals surface area contributed by atoms with Crippen molar-refractivity contribution in [3.05, 3.63) is 34.9 Å². The fourth-order valence-corrected chi connectivity index (χ4v) is 5.42.